The lowest BCUT2D eigenvalue weighted by Crippen LogP contribution is -2.23. The zero-order valence-corrected chi connectivity index (χ0v) is 14.8. The number of rotatable bonds is 5. The van der Waals surface area contributed by atoms with Crippen molar-refractivity contribution in [2.24, 2.45) is 0 Å². The van der Waals surface area contributed by atoms with Gasteiger partial charge in [-0.15, -0.1) is 0 Å². The fraction of sp³-hybridized carbons (Fsp3) is 0.176. The van der Waals surface area contributed by atoms with Crippen LogP contribution in [0.3, 0.4) is 0 Å². The molecule has 7 nitrogen and oxygen atoms in total. The molecule has 25 heavy (non-hydrogen) atoms. The van der Waals surface area contributed by atoms with E-state index in [0.29, 0.717) is 11.3 Å². The number of benzene rings is 2. The number of hydrogen-bond acceptors (Lipinski definition) is 5. The molecule has 0 fully saturated rings. The molecule has 0 aromatic heterocycles. The van der Waals surface area contributed by atoms with Crippen LogP contribution in [-0.4, -0.2) is 39.8 Å². The highest BCUT2D eigenvalue weighted by molar-refractivity contribution is 7.89. The first-order chi connectivity index (χ1) is 11.8. The summed E-state index contributed by atoms with van der Waals surface area (Å²) >= 11 is 0. The molecule has 0 radical (unpaired) electrons. The molecule has 0 spiro atoms. The number of ether oxygens (including phenoxy) is 1. The highest BCUT2D eigenvalue weighted by Gasteiger charge is 2.24. The van der Waals surface area contributed by atoms with Crippen molar-refractivity contribution in [3.63, 3.8) is 0 Å². The Bertz CT molecular complexity index is 947. The van der Waals surface area contributed by atoms with Gasteiger partial charge in [-0.1, -0.05) is 6.07 Å². The van der Waals surface area contributed by atoms with Crippen molar-refractivity contribution in [3.8, 4) is 11.8 Å². The predicted molar refractivity (Wildman–Crippen MR) is 93.0 cm³/mol. The van der Waals surface area contributed by atoms with Crippen molar-refractivity contribution < 1.29 is 17.9 Å². The maximum atomic E-state index is 12.4. The van der Waals surface area contributed by atoms with E-state index in [0.717, 1.165) is 4.31 Å². The van der Waals surface area contributed by atoms with Gasteiger partial charge in [0, 0.05) is 25.3 Å². The van der Waals surface area contributed by atoms with Gasteiger partial charge in [0.05, 0.1) is 18.7 Å². The number of nitriles is 1. The number of methoxy groups -OCH3 is 1. The molecule has 0 heterocycles. The standard InChI is InChI=1S/C17H17N3O4S/c1-20(2)25(22,23)16-10-13(7-8-15(16)24-3)17(21)19-14-6-4-5-12(9-14)11-18/h4-10H,1-3H3,(H,19,21). The van der Waals surface area contributed by atoms with E-state index in [9.17, 15) is 13.2 Å². The van der Waals surface area contributed by atoms with Crippen LogP contribution in [0.2, 0.25) is 0 Å². The number of nitrogens with zero attached hydrogens (tertiary/aromatic N) is 2. The minimum atomic E-state index is -3.77. The predicted octanol–water partition coefficient (Wildman–Crippen LogP) is 2.07. The van der Waals surface area contributed by atoms with Crippen molar-refractivity contribution in [1.29, 1.82) is 5.26 Å². The minimum Gasteiger partial charge on any atom is -0.495 e. The van der Waals surface area contributed by atoms with E-state index in [-0.39, 0.29) is 16.2 Å². The summed E-state index contributed by atoms with van der Waals surface area (Å²) in [5.74, 6) is -0.343. The fourth-order valence-corrected chi connectivity index (χ4v) is 3.16. The molecule has 130 valence electrons. The van der Waals surface area contributed by atoms with Crippen LogP contribution in [0.25, 0.3) is 0 Å². The Kier molecular flexibility index (Phi) is 5.41. The van der Waals surface area contributed by atoms with Gasteiger partial charge in [0.1, 0.15) is 10.6 Å². The van der Waals surface area contributed by atoms with Crippen LogP contribution in [0, 0.1) is 11.3 Å². The monoisotopic (exact) mass is 359 g/mol. The number of sulfonamides is 1. The molecule has 0 aliphatic heterocycles. The second kappa shape index (κ2) is 7.34. The van der Waals surface area contributed by atoms with Gasteiger partial charge in [0.2, 0.25) is 10.0 Å². The SMILES string of the molecule is COc1ccc(C(=O)Nc2cccc(C#N)c2)cc1S(=O)(=O)N(C)C. The molecule has 2 rings (SSSR count). The van der Waals surface area contributed by atoms with E-state index < -0.39 is 15.9 Å². The third-order valence-corrected chi connectivity index (χ3v) is 5.27. The van der Waals surface area contributed by atoms with Crippen LogP contribution in [0.1, 0.15) is 15.9 Å². The lowest BCUT2D eigenvalue weighted by atomic mass is 10.2. The summed E-state index contributed by atoms with van der Waals surface area (Å²) in [6.07, 6.45) is 0. The molecule has 0 bridgehead atoms. The number of amides is 1. The van der Waals surface area contributed by atoms with Gasteiger partial charge in [-0.2, -0.15) is 5.26 Å². The van der Waals surface area contributed by atoms with Crippen LogP contribution in [0.15, 0.2) is 47.4 Å². The van der Waals surface area contributed by atoms with Crippen LogP contribution in [0.5, 0.6) is 5.75 Å². The number of anilines is 1. The molecule has 0 atom stereocenters. The first kappa shape index (κ1) is 18.4. The van der Waals surface area contributed by atoms with E-state index in [1.54, 1.807) is 18.2 Å². The quantitative estimate of drug-likeness (QED) is 0.881. The third kappa shape index (κ3) is 3.96. The van der Waals surface area contributed by atoms with Crippen LogP contribution >= 0.6 is 0 Å². The molecular formula is C17H17N3O4S. The smallest absolute Gasteiger partial charge is 0.255 e. The Hall–Kier alpha value is -2.89. The van der Waals surface area contributed by atoms with Gasteiger partial charge >= 0.3 is 0 Å². The molecule has 0 saturated heterocycles. The number of carbonyl (C=O) groups excluding carboxylic acids is 1. The Labute approximate surface area is 146 Å². The van der Waals surface area contributed by atoms with Crippen molar-refractivity contribution >= 4 is 21.6 Å². The summed E-state index contributed by atoms with van der Waals surface area (Å²) in [5.41, 5.74) is 1.00. The number of nitrogens with one attached hydrogen (secondary N) is 1. The number of carbonyl (C=O) groups is 1. The summed E-state index contributed by atoms with van der Waals surface area (Å²) in [6.45, 7) is 0. The summed E-state index contributed by atoms with van der Waals surface area (Å²) in [7, 11) is 0.380. The zero-order chi connectivity index (χ0) is 18.6. The van der Waals surface area contributed by atoms with Gasteiger partial charge in [-0.25, -0.2) is 12.7 Å². The second-order valence-corrected chi connectivity index (χ2v) is 7.42. The summed E-state index contributed by atoms with van der Waals surface area (Å²) in [6, 6.07) is 12.6. The maximum absolute atomic E-state index is 12.4. The van der Waals surface area contributed by atoms with Crippen molar-refractivity contribution in [2.75, 3.05) is 26.5 Å². The number of hydrogen-bond donors (Lipinski definition) is 1. The van der Waals surface area contributed by atoms with Gasteiger partial charge < -0.3 is 10.1 Å². The minimum absolute atomic E-state index is 0.0987. The summed E-state index contributed by atoms with van der Waals surface area (Å²) in [4.78, 5) is 12.3. The van der Waals surface area contributed by atoms with E-state index in [1.165, 1.54) is 45.5 Å². The van der Waals surface area contributed by atoms with Gasteiger partial charge in [0.25, 0.3) is 5.91 Å². The summed E-state index contributed by atoms with van der Waals surface area (Å²) in [5, 5.41) is 11.5. The molecule has 1 amide bonds. The molecular weight excluding hydrogens is 342 g/mol. The normalized spacial score (nSPS) is 11.0. The summed E-state index contributed by atoms with van der Waals surface area (Å²) < 4.78 is 30.9. The zero-order valence-electron chi connectivity index (χ0n) is 14.0. The Balaban J connectivity index is 2.39. The van der Waals surface area contributed by atoms with Crippen molar-refractivity contribution in [2.45, 2.75) is 4.90 Å². The Morgan fingerprint density at radius 3 is 2.52 bits per heavy atom. The van der Waals surface area contributed by atoms with E-state index in [1.807, 2.05) is 6.07 Å². The largest absolute Gasteiger partial charge is 0.495 e. The Morgan fingerprint density at radius 2 is 1.92 bits per heavy atom. The average molecular weight is 359 g/mol. The molecule has 8 heteroatoms. The van der Waals surface area contributed by atoms with Crippen molar-refractivity contribution in [1.82, 2.24) is 4.31 Å². The first-order valence-corrected chi connectivity index (χ1v) is 8.65. The van der Waals surface area contributed by atoms with Gasteiger partial charge in [-0.05, 0) is 36.4 Å². The van der Waals surface area contributed by atoms with E-state index >= 15 is 0 Å². The van der Waals surface area contributed by atoms with Crippen LogP contribution in [0.4, 0.5) is 5.69 Å². The molecule has 0 aliphatic carbocycles. The van der Waals surface area contributed by atoms with Crippen molar-refractivity contribution in [3.05, 3.63) is 53.6 Å². The average Bonchev–Trinajstić information content (AvgIpc) is 2.61. The third-order valence-electron chi connectivity index (χ3n) is 3.43. The molecule has 0 aliphatic rings. The van der Waals surface area contributed by atoms with E-state index in [2.05, 4.69) is 5.32 Å². The highest BCUT2D eigenvalue weighted by Crippen LogP contribution is 2.27. The fourth-order valence-electron chi connectivity index (χ4n) is 2.09. The Morgan fingerprint density at radius 1 is 1.20 bits per heavy atom. The lowest BCUT2D eigenvalue weighted by Gasteiger charge is -2.15. The highest BCUT2D eigenvalue weighted by atomic mass is 32.2. The second-order valence-electron chi connectivity index (χ2n) is 5.30. The first-order valence-electron chi connectivity index (χ1n) is 7.21. The van der Waals surface area contributed by atoms with Crippen LogP contribution in [-0.2, 0) is 10.0 Å². The van der Waals surface area contributed by atoms with Crippen LogP contribution < -0.4 is 10.1 Å². The van der Waals surface area contributed by atoms with E-state index in [4.69, 9.17) is 10.00 Å². The maximum Gasteiger partial charge on any atom is 0.255 e. The molecule has 2 aromatic carbocycles. The lowest BCUT2D eigenvalue weighted by molar-refractivity contribution is 0.102. The molecule has 0 saturated carbocycles. The molecule has 0 unspecified atom stereocenters. The van der Waals surface area contributed by atoms with Gasteiger partial charge in [-0.3, -0.25) is 4.79 Å². The molecule has 1 N–H and O–H groups in total. The van der Waals surface area contributed by atoms with Gasteiger partial charge in [0.15, 0.2) is 0 Å². The topological polar surface area (TPSA) is 99.5 Å². The molecule has 2 aromatic rings.